The molecule has 4 bridgehead atoms. The largest absolute Gasteiger partial charge is 0.482 e. The number of aliphatic hydroxyl groups is 4. The second-order valence-electron chi connectivity index (χ2n) is 10.4. The zero-order valence-electron chi connectivity index (χ0n) is 18.6. The molecule has 6 atom stereocenters. The highest BCUT2D eigenvalue weighted by molar-refractivity contribution is 5.36. The third-order valence-corrected chi connectivity index (χ3v) is 8.78. The minimum absolute atomic E-state index is 0.361. The standard InChI is InChI=1S/C24H32O9/c1-29-24(23(32-33-24)15-6-12-5-13(8-15)9-16(23)7-12)14-3-2-4-17(10-14)30-21-20(27)19(26)18(11-25)31-22(21)28/h2-4,10,12-13,15-16,18-22,25-28H,5-9,11H2,1H3/t12?,13?,15?,16?,18-,19+,20+,21-,22?,23?,24?/m1/s1. The van der Waals surface area contributed by atoms with Gasteiger partial charge in [0.1, 0.15) is 24.1 Å². The third kappa shape index (κ3) is 3.01. The van der Waals surface area contributed by atoms with Gasteiger partial charge in [-0.05, 0) is 67.9 Å². The van der Waals surface area contributed by atoms with Crippen LogP contribution in [0.3, 0.4) is 0 Å². The highest BCUT2D eigenvalue weighted by Crippen LogP contribution is 2.69. The fourth-order valence-electron chi connectivity index (χ4n) is 7.49. The molecule has 1 aromatic carbocycles. The molecule has 6 fully saturated rings. The Labute approximate surface area is 192 Å². The van der Waals surface area contributed by atoms with Crippen LogP contribution in [0.25, 0.3) is 0 Å². The Balaban J connectivity index is 1.29. The molecule has 182 valence electrons. The van der Waals surface area contributed by atoms with E-state index < -0.39 is 48.7 Å². The number of hydrogen-bond acceptors (Lipinski definition) is 9. The van der Waals surface area contributed by atoms with Crippen molar-refractivity contribution in [2.45, 2.75) is 74.2 Å². The molecule has 9 nitrogen and oxygen atoms in total. The molecule has 0 aromatic heterocycles. The van der Waals surface area contributed by atoms with Crippen LogP contribution in [-0.4, -0.2) is 70.4 Å². The van der Waals surface area contributed by atoms with E-state index in [4.69, 9.17) is 24.0 Å². The van der Waals surface area contributed by atoms with Crippen molar-refractivity contribution in [3.8, 4) is 5.75 Å². The van der Waals surface area contributed by atoms with Gasteiger partial charge in [0.05, 0.1) is 6.61 Å². The lowest BCUT2D eigenvalue weighted by Crippen LogP contribution is -2.76. The smallest absolute Gasteiger partial charge is 0.260 e. The lowest BCUT2D eigenvalue weighted by molar-refractivity contribution is -0.645. The summed E-state index contributed by atoms with van der Waals surface area (Å²) in [5.41, 5.74) is 0.210. The molecular weight excluding hydrogens is 432 g/mol. The molecule has 7 rings (SSSR count). The predicted octanol–water partition coefficient (Wildman–Crippen LogP) is 0.821. The van der Waals surface area contributed by atoms with Crippen molar-refractivity contribution in [2.75, 3.05) is 13.7 Å². The number of aliphatic hydroxyl groups excluding tert-OH is 4. The van der Waals surface area contributed by atoms with Crippen LogP contribution in [0.15, 0.2) is 24.3 Å². The Morgan fingerprint density at radius 3 is 2.24 bits per heavy atom. The highest BCUT2D eigenvalue weighted by atomic mass is 17.3. The molecule has 2 unspecified atom stereocenters. The van der Waals surface area contributed by atoms with Gasteiger partial charge in [-0.3, -0.25) is 0 Å². The molecule has 0 amide bonds. The minimum Gasteiger partial charge on any atom is -0.482 e. The monoisotopic (exact) mass is 464 g/mol. The van der Waals surface area contributed by atoms with Crippen LogP contribution in [0, 0.1) is 23.7 Å². The van der Waals surface area contributed by atoms with E-state index in [-0.39, 0.29) is 0 Å². The lowest BCUT2D eigenvalue weighted by atomic mass is 9.47. The summed E-state index contributed by atoms with van der Waals surface area (Å²) in [5, 5.41) is 40.2. The highest BCUT2D eigenvalue weighted by Gasteiger charge is 2.76. The zero-order chi connectivity index (χ0) is 23.0. The van der Waals surface area contributed by atoms with Crippen molar-refractivity contribution in [3.63, 3.8) is 0 Å². The number of hydrogen-bond donors (Lipinski definition) is 4. The topological polar surface area (TPSA) is 127 Å². The van der Waals surface area contributed by atoms with Crippen LogP contribution in [0.5, 0.6) is 5.75 Å². The van der Waals surface area contributed by atoms with Crippen molar-refractivity contribution in [1.82, 2.24) is 0 Å². The predicted molar refractivity (Wildman–Crippen MR) is 111 cm³/mol. The third-order valence-electron chi connectivity index (χ3n) is 8.78. The molecule has 2 heterocycles. The van der Waals surface area contributed by atoms with Crippen LogP contribution in [0.1, 0.15) is 37.7 Å². The Morgan fingerprint density at radius 2 is 1.67 bits per heavy atom. The van der Waals surface area contributed by atoms with Crippen molar-refractivity contribution in [1.29, 1.82) is 0 Å². The van der Waals surface area contributed by atoms with Gasteiger partial charge in [0.15, 0.2) is 18.0 Å². The molecular formula is C24H32O9. The maximum absolute atomic E-state index is 10.4. The molecule has 33 heavy (non-hydrogen) atoms. The fourth-order valence-corrected chi connectivity index (χ4v) is 7.49. The van der Waals surface area contributed by atoms with Gasteiger partial charge in [0.25, 0.3) is 5.79 Å². The number of methoxy groups -OCH3 is 1. The van der Waals surface area contributed by atoms with Crippen LogP contribution in [0.4, 0.5) is 0 Å². The second-order valence-corrected chi connectivity index (χ2v) is 10.4. The van der Waals surface area contributed by atoms with E-state index in [1.165, 1.54) is 6.42 Å². The van der Waals surface area contributed by atoms with Gasteiger partial charge >= 0.3 is 0 Å². The van der Waals surface area contributed by atoms with Crippen molar-refractivity contribution in [3.05, 3.63) is 29.8 Å². The Kier molecular flexibility index (Phi) is 5.28. The summed E-state index contributed by atoms with van der Waals surface area (Å²) >= 11 is 0. The zero-order valence-corrected chi connectivity index (χ0v) is 18.6. The molecule has 4 aliphatic carbocycles. The van der Waals surface area contributed by atoms with Crippen LogP contribution in [-0.2, 0) is 25.0 Å². The average molecular weight is 465 g/mol. The molecule has 4 saturated carbocycles. The summed E-state index contributed by atoms with van der Waals surface area (Å²) < 4.78 is 17.2. The van der Waals surface area contributed by atoms with Gasteiger partial charge in [0, 0.05) is 12.7 Å². The first-order valence-electron chi connectivity index (χ1n) is 11.9. The SMILES string of the molecule is COC1(c2cccc(O[C@H]3C(O)O[C@H](CO)[C@H](O)[C@@H]3O)c2)OOC12C1CC3CC(C1)CC2C3. The fraction of sp³-hybridized carbons (Fsp3) is 0.750. The van der Waals surface area contributed by atoms with E-state index in [0.29, 0.717) is 17.6 Å². The van der Waals surface area contributed by atoms with Crippen LogP contribution < -0.4 is 4.74 Å². The normalized spacial score (nSPS) is 50.4. The van der Waals surface area contributed by atoms with Crippen LogP contribution >= 0.6 is 0 Å². The lowest BCUT2D eigenvalue weighted by Gasteiger charge is -2.68. The van der Waals surface area contributed by atoms with E-state index in [1.807, 2.05) is 6.07 Å². The van der Waals surface area contributed by atoms with E-state index in [9.17, 15) is 20.4 Å². The first-order valence-corrected chi connectivity index (χ1v) is 11.9. The first-order chi connectivity index (χ1) is 15.9. The van der Waals surface area contributed by atoms with E-state index in [2.05, 4.69) is 0 Å². The molecule has 2 aliphatic heterocycles. The Morgan fingerprint density at radius 1 is 0.970 bits per heavy atom. The summed E-state index contributed by atoms with van der Waals surface area (Å²) in [6.45, 7) is -0.530. The molecule has 0 radical (unpaired) electrons. The number of ether oxygens (including phenoxy) is 3. The van der Waals surface area contributed by atoms with Crippen molar-refractivity contribution in [2.24, 2.45) is 23.7 Å². The molecule has 1 spiro atoms. The minimum atomic E-state index is -1.51. The Bertz CT molecular complexity index is 860. The number of rotatable bonds is 5. The Hall–Kier alpha value is -1.30. The van der Waals surface area contributed by atoms with E-state index in [1.54, 1.807) is 25.3 Å². The van der Waals surface area contributed by atoms with Gasteiger partial charge in [0.2, 0.25) is 0 Å². The van der Waals surface area contributed by atoms with Gasteiger partial charge in [-0.25, -0.2) is 4.89 Å². The van der Waals surface area contributed by atoms with E-state index >= 15 is 0 Å². The summed E-state index contributed by atoms with van der Waals surface area (Å²) in [6.07, 6.45) is -0.844. The van der Waals surface area contributed by atoms with Gasteiger partial charge in [-0.2, -0.15) is 4.89 Å². The maximum atomic E-state index is 10.4. The summed E-state index contributed by atoms with van der Waals surface area (Å²) in [4.78, 5) is 11.8. The quantitative estimate of drug-likeness (QED) is 0.469. The molecule has 4 N–H and O–H groups in total. The van der Waals surface area contributed by atoms with E-state index in [0.717, 1.165) is 43.1 Å². The van der Waals surface area contributed by atoms with Gasteiger partial charge in [-0.15, -0.1) is 0 Å². The second kappa shape index (κ2) is 7.86. The van der Waals surface area contributed by atoms with Gasteiger partial charge < -0.3 is 34.6 Å². The van der Waals surface area contributed by atoms with Crippen LogP contribution in [0.2, 0.25) is 0 Å². The molecule has 6 aliphatic rings. The first kappa shape index (κ1) is 22.2. The molecule has 1 aromatic rings. The summed E-state index contributed by atoms with van der Waals surface area (Å²) in [7, 11) is 1.64. The average Bonchev–Trinajstić information content (AvgIpc) is 2.79. The van der Waals surface area contributed by atoms with Gasteiger partial charge in [-0.1, -0.05) is 12.1 Å². The molecule has 9 heteroatoms. The van der Waals surface area contributed by atoms with Crippen molar-refractivity contribution >= 4 is 0 Å². The number of benzene rings is 1. The summed E-state index contributed by atoms with van der Waals surface area (Å²) in [5.74, 6) is 1.56. The molecule has 2 saturated heterocycles. The summed E-state index contributed by atoms with van der Waals surface area (Å²) in [6, 6.07) is 7.17. The maximum Gasteiger partial charge on any atom is 0.260 e. The van der Waals surface area contributed by atoms with Crippen molar-refractivity contribution < 1.29 is 44.4 Å².